The summed E-state index contributed by atoms with van der Waals surface area (Å²) in [5.41, 5.74) is 2.03. The molecule has 3 aromatic carbocycles. The van der Waals surface area contributed by atoms with Crippen LogP contribution in [-0.4, -0.2) is 27.0 Å². The van der Waals surface area contributed by atoms with Crippen molar-refractivity contribution >= 4 is 33.2 Å². The molecule has 33 heavy (non-hydrogen) atoms. The maximum Gasteiger partial charge on any atom is 0.264 e. The number of amides is 1. The Morgan fingerprint density at radius 3 is 2.39 bits per heavy atom. The number of halogens is 1. The third-order valence-corrected chi connectivity index (χ3v) is 6.86. The molecule has 174 valence electrons. The van der Waals surface area contributed by atoms with Crippen molar-refractivity contribution in [3.05, 3.63) is 88.9 Å². The summed E-state index contributed by atoms with van der Waals surface area (Å²) in [6.45, 7) is 5.57. The van der Waals surface area contributed by atoms with Crippen LogP contribution in [0.25, 0.3) is 0 Å². The van der Waals surface area contributed by atoms with Crippen molar-refractivity contribution in [3.8, 4) is 5.75 Å². The molecule has 0 aliphatic rings. The maximum absolute atomic E-state index is 13.4. The fourth-order valence-electron chi connectivity index (χ4n) is 3.26. The lowest BCUT2D eigenvalue weighted by molar-refractivity contribution is -0.119. The Morgan fingerprint density at radius 1 is 1.03 bits per heavy atom. The van der Waals surface area contributed by atoms with Gasteiger partial charge in [-0.25, -0.2) is 8.42 Å². The number of nitrogens with one attached hydrogen (secondary N) is 1. The molecule has 0 heterocycles. The summed E-state index contributed by atoms with van der Waals surface area (Å²) in [6, 6.07) is 20.4. The fraction of sp³-hybridized carbons (Fsp3) is 0.240. The molecule has 1 amide bonds. The molecule has 0 unspecified atom stereocenters. The van der Waals surface area contributed by atoms with Gasteiger partial charge in [0.05, 0.1) is 16.7 Å². The van der Waals surface area contributed by atoms with Crippen LogP contribution in [0.2, 0.25) is 5.02 Å². The SMILES string of the molecule is Cc1ccccc1N(CC(=O)NCc1cccc(OC(C)C)c1)S(=O)(=O)c1ccc(Cl)cc1. The molecule has 0 aliphatic heterocycles. The van der Waals surface area contributed by atoms with Crippen LogP contribution in [0.3, 0.4) is 0 Å². The van der Waals surface area contributed by atoms with Gasteiger partial charge in [0.15, 0.2) is 0 Å². The summed E-state index contributed by atoms with van der Waals surface area (Å²) in [6.07, 6.45) is 0.0376. The van der Waals surface area contributed by atoms with E-state index in [4.69, 9.17) is 16.3 Å². The zero-order valence-corrected chi connectivity index (χ0v) is 20.4. The highest BCUT2D eigenvalue weighted by atomic mass is 35.5. The molecule has 0 saturated heterocycles. The first-order valence-corrected chi connectivity index (χ1v) is 12.3. The molecule has 0 saturated carbocycles. The topological polar surface area (TPSA) is 75.7 Å². The quantitative estimate of drug-likeness (QED) is 0.464. The van der Waals surface area contributed by atoms with Crippen molar-refractivity contribution in [1.82, 2.24) is 5.32 Å². The van der Waals surface area contributed by atoms with E-state index in [9.17, 15) is 13.2 Å². The fourth-order valence-corrected chi connectivity index (χ4v) is 4.88. The molecule has 0 radical (unpaired) electrons. The molecule has 0 aromatic heterocycles. The number of hydrogen-bond donors (Lipinski definition) is 1. The van der Waals surface area contributed by atoms with E-state index in [2.05, 4.69) is 5.32 Å². The minimum absolute atomic E-state index is 0.0376. The molecular weight excluding hydrogens is 460 g/mol. The van der Waals surface area contributed by atoms with Crippen molar-refractivity contribution in [2.75, 3.05) is 10.8 Å². The van der Waals surface area contributed by atoms with Gasteiger partial charge in [0.2, 0.25) is 5.91 Å². The van der Waals surface area contributed by atoms with Crippen LogP contribution in [-0.2, 0) is 21.4 Å². The average Bonchev–Trinajstić information content (AvgIpc) is 2.77. The maximum atomic E-state index is 13.4. The first kappa shape index (κ1) is 24.6. The molecule has 8 heteroatoms. The molecule has 1 N–H and O–H groups in total. The number of carbonyl (C=O) groups excluding carboxylic acids is 1. The summed E-state index contributed by atoms with van der Waals surface area (Å²) in [4.78, 5) is 12.9. The molecule has 0 aliphatic carbocycles. The Labute approximate surface area is 200 Å². The van der Waals surface area contributed by atoms with E-state index in [-0.39, 0.29) is 24.1 Å². The van der Waals surface area contributed by atoms with E-state index in [0.29, 0.717) is 16.5 Å². The van der Waals surface area contributed by atoms with E-state index in [1.54, 1.807) is 25.1 Å². The van der Waals surface area contributed by atoms with Crippen molar-refractivity contribution in [2.24, 2.45) is 0 Å². The van der Waals surface area contributed by atoms with Gasteiger partial charge in [-0.1, -0.05) is 41.9 Å². The van der Waals surface area contributed by atoms with Gasteiger partial charge in [-0.05, 0) is 74.4 Å². The average molecular weight is 487 g/mol. The predicted octanol–water partition coefficient (Wildman–Crippen LogP) is 4.95. The number of nitrogens with zero attached hydrogens (tertiary/aromatic N) is 1. The van der Waals surface area contributed by atoms with Crippen LogP contribution in [0.4, 0.5) is 5.69 Å². The van der Waals surface area contributed by atoms with Crippen LogP contribution in [0, 0.1) is 6.92 Å². The van der Waals surface area contributed by atoms with E-state index >= 15 is 0 Å². The van der Waals surface area contributed by atoms with E-state index in [1.165, 1.54) is 24.3 Å². The number of benzene rings is 3. The highest BCUT2D eigenvalue weighted by molar-refractivity contribution is 7.92. The monoisotopic (exact) mass is 486 g/mol. The molecular formula is C25H27ClN2O4S. The third-order valence-electron chi connectivity index (χ3n) is 4.83. The van der Waals surface area contributed by atoms with Gasteiger partial charge < -0.3 is 10.1 Å². The summed E-state index contributed by atoms with van der Waals surface area (Å²) in [7, 11) is -4.00. The highest BCUT2D eigenvalue weighted by Crippen LogP contribution is 2.27. The Bertz CT molecular complexity index is 1210. The lowest BCUT2D eigenvalue weighted by Crippen LogP contribution is -2.41. The molecule has 3 aromatic rings. The van der Waals surface area contributed by atoms with Crippen molar-refractivity contribution in [3.63, 3.8) is 0 Å². The van der Waals surface area contributed by atoms with Crippen molar-refractivity contribution in [2.45, 2.75) is 38.3 Å². The predicted molar refractivity (Wildman–Crippen MR) is 131 cm³/mol. The van der Waals surface area contributed by atoms with Crippen LogP contribution in [0.1, 0.15) is 25.0 Å². The molecule has 0 atom stereocenters. The molecule has 0 bridgehead atoms. The molecule has 6 nitrogen and oxygen atoms in total. The van der Waals surface area contributed by atoms with Gasteiger partial charge in [0.1, 0.15) is 12.3 Å². The number of carbonyl (C=O) groups is 1. The van der Waals surface area contributed by atoms with Gasteiger partial charge in [0, 0.05) is 11.6 Å². The zero-order chi connectivity index (χ0) is 24.0. The van der Waals surface area contributed by atoms with E-state index < -0.39 is 15.9 Å². The third kappa shape index (κ3) is 6.49. The number of para-hydroxylation sites is 1. The summed E-state index contributed by atoms with van der Waals surface area (Å²) >= 11 is 5.92. The minimum atomic E-state index is -4.00. The van der Waals surface area contributed by atoms with Crippen LogP contribution < -0.4 is 14.4 Å². The lowest BCUT2D eigenvalue weighted by Gasteiger charge is -2.25. The van der Waals surface area contributed by atoms with Gasteiger partial charge in [-0.2, -0.15) is 0 Å². The molecule has 0 fully saturated rings. The van der Waals surface area contributed by atoms with Crippen molar-refractivity contribution in [1.29, 1.82) is 0 Å². The molecule has 3 rings (SSSR count). The Morgan fingerprint density at radius 2 is 1.73 bits per heavy atom. The van der Waals surface area contributed by atoms with Crippen LogP contribution in [0.15, 0.2) is 77.7 Å². The smallest absolute Gasteiger partial charge is 0.264 e. The van der Waals surface area contributed by atoms with Gasteiger partial charge in [-0.15, -0.1) is 0 Å². The van der Waals surface area contributed by atoms with Gasteiger partial charge in [-0.3, -0.25) is 9.10 Å². The Balaban J connectivity index is 1.81. The number of aryl methyl sites for hydroxylation is 1. The minimum Gasteiger partial charge on any atom is -0.491 e. The first-order valence-electron chi connectivity index (χ1n) is 10.5. The lowest BCUT2D eigenvalue weighted by atomic mass is 10.2. The highest BCUT2D eigenvalue weighted by Gasteiger charge is 2.28. The zero-order valence-electron chi connectivity index (χ0n) is 18.8. The summed E-state index contributed by atoms with van der Waals surface area (Å²) in [5.74, 6) is 0.287. The largest absolute Gasteiger partial charge is 0.491 e. The Hall–Kier alpha value is -3.03. The Kier molecular flexibility index (Phi) is 8.00. The standard InChI is InChI=1S/C25H27ClN2O4S/c1-18(2)32-22-9-6-8-20(15-22)16-27-25(29)17-28(24-10-5-4-7-19(24)3)33(30,31)23-13-11-21(26)12-14-23/h4-15,18H,16-17H2,1-3H3,(H,27,29). The van der Waals surface area contributed by atoms with Gasteiger partial charge >= 0.3 is 0 Å². The second kappa shape index (κ2) is 10.7. The first-order chi connectivity index (χ1) is 15.7. The van der Waals surface area contributed by atoms with E-state index in [1.807, 2.05) is 44.2 Å². The van der Waals surface area contributed by atoms with Crippen LogP contribution in [0.5, 0.6) is 5.75 Å². The normalized spacial score (nSPS) is 11.3. The number of hydrogen-bond acceptors (Lipinski definition) is 4. The summed E-state index contributed by atoms with van der Waals surface area (Å²) in [5, 5.41) is 3.24. The number of anilines is 1. The van der Waals surface area contributed by atoms with Gasteiger partial charge in [0.25, 0.3) is 10.0 Å². The van der Waals surface area contributed by atoms with Crippen LogP contribution >= 0.6 is 11.6 Å². The van der Waals surface area contributed by atoms with E-state index in [0.717, 1.165) is 15.4 Å². The number of sulfonamides is 1. The molecule has 0 spiro atoms. The second-order valence-electron chi connectivity index (χ2n) is 7.84. The number of ether oxygens (including phenoxy) is 1. The number of rotatable bonds is 9. The summed E-state index contributed by atoms with van der Waals surface area (Å²) < 4.78 is 33.7. The second-order valence-corrected chi connectivity index (χ2v) is 10.1. The van der Waals surface area contributed by atoms with Crippen molar-refractivity contribution < 1.29 is 17.9 Å².